The lowest BCUT2D eigenvalue weighted by atomic mass is 9.97. The van der Waals surface area contributed by atoms with Crippen LogP contribution in [0.25, 0.3) is 0 Å². The molecule has 0 spiro atoms. The standard InChI is InChI=1S/C26H26N2O5/c1-27(25(20-11-4-2-5-12-20)21-13-6-3-7-14-21)24(30)17-8-9-18-33-23-16-10-15-22(19-29)26(23)28(31)32/h2-7,10-16,19,25H,8-9,17-18H2,1H3. The summed E-state index contributed by atoms with van der Waals surface area (Å²) in [7, 11) is 1.80. The lowest BCUT2D eigenvalue weighted by Gasteiger charge is -2.29. The summed E-state index contributed by atoms with van der Waals surface area (Å²) in [6.07, 6.45) is 1.88. The second-order valence-corrected chi connectivity index (χ2v) is 7.60. The van der Waals surface area contributed by atoms with Crippen molar-refractivity contribution < 1.29 is 19.2 Å². The fourth-order valence-electron chi connectivity index (χ4n) is 3.74. The first-order valence-electron chi connectivity index (χ1n) is 10.7. The maximum atomic E-state index is 12.9. The number of hydrogen-bond donors (Lipinski definition) is 0. The number of carbonyl (C=O) groups excluding carboxylic acids is 2. The molecule has 0 aliphatic rings. The van der Waals surface area contributed by atoms with E-state index < -0.39 is 4.92 Å². The lowest BCUT2D eigenvalue weighted by molar-refractivity contribution is -0.386. The molecule has 0 saturated heterocycles. The summed E-state index contributed by atoms with van der Waals surface area (Å²) in [4.78, 5) is 36.4. The van der Waals surface area contributed by atoms with E-state index in [-0.39, 0.29) is 35.6 Å². The Hall–Kier alpha value is -4.00. The Labute approximate surface area is 192 Å². The van der Waals surface area contributed by atoms with Gasteiger partial charge in [0.25, 0.3) is 0 Å². The van der Waals surface area contributed by atoms with Gasteiger partial charge in [0.1, 0.15) is 0 Å². The number of ether oxygens (including phenoxy) is 1. The molecule has 33 heavy (non-hydrogen) atoms. The van der Waals surface area contributed by atoms with Crippen LogP contribution in [-0.2, 0) is 4.79 Å². The van der Waals surface area contributed by atoms with Gasteiger partial charge in [0.05, 0.1) is 23.1 Å². The number of hydrogen-bond acceptors (Lipinski definition) is 5. The molecule has 7 nitrogen and oxygen atoms in total. The highest BCUT2D eigenvalue weighted by molar-refractivity contribution is 5.83. The third-order valence-electron chi connectivity index (χ3n) is 5.39. The number of carbonyl (C=O) groups is 2. The maximum Gasteiger partial charge on any atom is 0.321 e. The zero-order valence-corrected chi connectivity index (χ0v) is 18.4. The van der Waals surface area contributed by atoms with Crippen molar-refractivity contribution in [1.82, 2.24) is 4.90 Å². The number of benzene rings is 3. The van der Waals surface area contributed by atoms with E-state index in [2.05, 4.69) is 0 Å². The molecule has 3 rings (SSSR count). The van der Waals surface area contributed by atoms with Gasteiger partial charge in [-0.1, -0.05) is 66.7 Å². The zero-order chi connectivity index (χ0) is 23.6. The molecule has 170 valence electrons. The third-order valence-corrected chi connectivity index (χ3v) is 5.39. The van der Waals surface area contributed by atoms with E-state index in [1.165, 1.54) is 18.2 Å². The number of nitrogens with zero attached hydrogens (tertiary/aromatic N) is 2. The van der Waals surface area contributed by atoms with Crippen molar-refractivity contribution in [1.29, 1.82) is 0 Å². The van der Waals surface area contributed by atoms with Gasteiger partial charge in [0.15, 0.2) is 12.0 Å². The van der Waals surface area contributed by atoms with Gasteiger partial charge in [-0.15, -0.1) is 0 Å². The number of para-hydroxylation sites is 1. The van der Waals surface area contributed by atoms with Crippen LogP contribution >= 0.6 is 0 Å². The van der Waals surface area contributed by atoms with Crippen LogP contribution in [0.3, 0.4) is 0 Å². The Bertz CT molecular complexity index is 1050. The average molecular weight is 447 g/mol. The lowest BCUT2D eigenvalue weighted by Crippen LogP contribution is -2.31. The molecule has 0 radical (unpaired) electrons. The summed E-state index contributed by atoms with van der Waals surface area (Å²) in [5.74, 6) is 0.0582. The van der Waals surface area contributed by atoms with Crippen LogP contribution in [0.4, 0.5) is 5.69 Å². The highest BCUT2D eigenvalue weighted by atomic mass is 16.6. The second-order valence-electron chi connectivity index (χ2n) is 7.60. The monoisotopic (exact) mass is 446 g/mol. The minimum atomic E-state index is -0.620. The van der Waals surface area contributed by atoms with Gasteiger partial charge >= 0.3 is 5.69 Å². The molecule has 0 aromatic heterocycles. The van der Waals surface area contributed by atoms with Crippen LogP contribution in [0.1, 0.15) is 46.8 Å². The van der Waals surface area contributed by atoms with Gasteiger partial charge in [0, 0.05) is 13.5 Å². The Morgan fingerprint density at radius 3 is 2.12 bits per heavy atom. The Morgan fingerprint density at radius 2 is 1.58 bits per heavy atom. The van der Waals surface area contributed by atoms with Gasteiger partial charge in [-0.3, -0.25) is 19.7 Å². The normalized spacial score (nSPS) is 10.6. The predicted molar refractivity (Wildman–Crippen MR) is 125 cm³/mol. The van der Waals surface area contributed by atoms with Gasteiger partial charge in [-0.25, -0.2) is 0 Å². The van der Waals surface area contributed by atoms with Crippen molar-refractivity contribution in [3.63, 3.8) is 0 Å². The molecule has 1 amide bonds. The molecular formula is C26H26N2O5. The number of amides is 1. The molecule has 0 unspecified atom stereocenters. The smallest absolute Gasteiger partial charge is 0.321 e. The Balaban J connectivity index is 1.58. The Kier molecular flexibility index (Phi) is 8.30. The minimum Gasteiger partial charge on any atom is -0.487 e. The van der Waals surface area contributed by atoms with Crippen LogP contribution in [0.15, 0.2) is 78.9 Å². The van der Waals surface area contributed by atoms with Crippen LogP contribution in [-0.4, -0.2) is 35.7 Å². The highest BCUT2D eigenvalue weighted by Gasteiger charge is 2.23. The summed E-state index contributed by atoms with van der Waals surface area (Å²) < 4.78 is 5.54. The molecule has 0 bridgehead atoms. The van der Waals surface area contributed by atoms with Crippen LogP contribution < -0.4 is 4.74 Å². The highest BCUT2D eigenvalue weighted by Crippen LogP contribution is 2.30. The van der Waals surface area contributed by atoms with Gasteiger partial charge < -0.3 is 9.64 Å². The fourth-order valence-corrected chi connectivity index (χ4v) is 3.74. The van der Waals surface area contributed by atoms with Crippen molar-refractivity contribution in [3.8, 4) is 5.75 Å². The van der Waals surface area contributed by atoms with E-state index in [9.17, 15) is 19.7 Å². The number of aldehydes is 1. The van der Waals surface area contributed by atoms with E-state index >= 15 is 0 Å². The molecule has 0 aliphatic carbocycles. The average Bonchev–Trinajstić information content (AvgIpc) is 2.84. The molecule has 0 atom stereocenters. The van der Waals surface area contributed by atoms with Crippen molar-refractivity contribution in [2.45, 2.75) is 25.3 Å². The number of nitro groups is 1. The first-order chi connectivity index (χ1) is 16.0. The molecule has 0 aliphatic heterocycles. The van der Waals surface area contributed by atoms with Crippen LogP contribution in [0.2, 0.25) is 0 Å². The van der Waals surface area contributed by atoms with E-state index in [0.717, 1.165) is 11.1 Å². The topological polar surface area (TPSA) is 89.8 Å². The van der Waals surface area contributed by atoms with Gasteiger partial charge in [0.2, 0.25) is 5.91 Å². The fraction of sp³-hybridized carbons (Fsp3) is 0.231. The summed E-state index contributed by atoms with van der Waals surface area (Å²) in [5, 5.41) is 11.3. The largest absolute Gasteiger partial charge is 0.487 e. The Morgan fingerprint density at radius 1 is 0.970 bits per heavy atom. The molecule has 3 aromatic carbocycles. The van der Waals surface area contributed by atoms with Crippen molar-refractivity contribution in [2.24, 2.45) is 0 Å². The summed E-state index contributed by atoms with van der Waals surface area (Å²) in [6.45, 7) is 0.209. The van der Waals surface area contributed by atoms with Crippen molar-refractivity contribution in [2.75, 3.05) is 13.7 Å². The van der Waals surface area contributed by atoms with Crippen LogP contribution in [0, 0.1) is 10.1 Å². The molecular weight excluding hydrogens is 420 g/mol. The van der Waals surface area contributed by atoms with E-state index in [4.69, 9.17) is 4.74 Å². The van der Waals surface area contributed by atoms with E-state index in [0.29, 0.717) is 25.5 Å². The van der Waals surface area contributed by atoms with Crippen LogP contribution in [0.5, 0.6) is 5.75 Å². The maximum absolute atomic E-state index is 12.9. The van der Waals surface area contributed by atoms with E-state index in [1.54, 1.807) is 11.9 Å². The number of rotatable bonds is 11. The first kappa shape index (κ1) is 23.7. The quantitative estimate of drug-likeness (QED) is 0.175. The van der Waals surface area contributed by atoms with Crippen molar-refractivity contribution >= 4 is 17.9 Å². The zero-order valence-electron chi connectivity index (χ0n) is 18.4. The predicted octanol–water partition coefficient (Wildman–Crippen LogP) is 5.20. The molecule has 0 fully saturated rings. The minimum absolute atomic E-state index is 0.00152. The van der Waals surface area contributed by atoms with Gasteiger partial charge in [-0.05, 0) is 36.1 Å². The second kappa shape index (κ2) is 11.6. The molecule has 0 N–H and O–H groups in total. The molecule has 7 heteroatoms. The summed E-state index contributed by atoms with van der Waals surface area (Å²) in [5.41, 5.74) is 1.70. The third kappa shape index (κ3) is 6.04. The van der Waals surface area contributed by atoms with Gasteiger partial charge in [-0.2, -0.15) is 0 Å². The molecule has 3 aromatic rings. The number of unbranched alkanes of at least 4 members (excludes halogenated alkanes) is 1. The molecule has 0 saturated carbocycles. The van der Waals surface area contributed by atoms with Crippen molar-refractivity contribution in [3.05, 3.63) is 106 Å². The first-order valence-corrected chi connectivity index (χ1v) is 10.7. The SMILES string of the molecule is CN(C(=O)CCCCOc1cccc(C=O)c1[N+](=O)[O-])C(c1ccccc1)c1ccccc1. The molecule has 0 heterocycles. The summed E-state index contributed by atoms with van der Waals surface area (Å²) in [6, 6.07) is 24.0. The number of nitro benzene ring substituents is 1. The van der Waals surface area contributed by atoms with E-state index in [1.807, 2.05) is 60.7 Å². The summed E-state index contributed by atoms with van der Waals surface area (Å²) >= 11 is 0.